The van der Waals surface area contributed by atoms with E-state index in [0.717, 1.165) is 25.1 Å². The predicted octanol–water partition coefficient (Wildman–Crippen LogP) is 2.48. The lowest BCUT2D eigenvalue weighted by molar-refractivity contribution is -0.149. The summed E-state index contributed by atoms with van der Waals surface area (Å²) in [6.07, 6.45) is 1.72. The average molecular weight is 488 g/mol. The maximum Gasteiger partial charge on any atom is 0.310 e. The van der Waals surface area contributed by atoms with Crippen LogP contribution in [0.25, 0.3) is 0 Å². The Bertz CT molecular complexity index is 625. The molecule has 1 heterocycles. The Balaban J connectivity index is 0.00000364. The lowest BCUT2D eigenvalue weighted by atomic mass is 9.98. The zero-order valence-electron chi connectivity index (χ0n) is 15.9. The van der Waals surface area contributed by atoms with E-state index in [4.69, 9.17) is 4.74 Å². The normalized spacial score (nSPS) is 16.9. The molecular formula is C19H29IN4O3. The van der Waals surface area contributed by atoms with Crippen LogP contribution in [0.1, 0.15) is 26.7 Å². The third-order valence-corrected chi connectivity index (χ3v) is 4.11. The molecule has 1 aliphatic rings. The molecular weight excluding hydrogens is 459 g/mol. The van der Waals surface area contributed by atoms with Gasteiger partial charge in [0, 0.05) is 25.3 Å². The fraction of sp³-hybridized carbons (Fsp3) is 0.526. The van der Waals surface area contributed by atoms with Crippen LogP contribution in [0.15, 0.2) is 35.3 Å². The van der Waals surface area contributed by atoms with Crippen LogP contribution in [0.5, 0.6) is 0 Å². The number of benzene rings is 1. The minimum absolute atomic E-state index is 0. The van der Waals surface area contributed by atoms with E-state index < -0.39 is 0 Å². The van der Waals surface area contributed by atoms with Crippen molar-refractivity contribution < 1.29 is 14.3 Å². The highest BCUT2D eigenvalue weighted by atomic mass is 127. The summed E-state index contributed by atoms with van der Waals surface area (Å²) < 4.78 is 5.14. The van der Waals surface area contributed by atoms with Gasteiger partial charge in [-0.2, -0.15) is 0 Å². The number of hydrogen-bond acceptors (Lipinski definition) is 4. The monoisotopic (exact) mass is 488 g/mol. The molecule has 1 atom stereocenters. The number of nitrogens with one attached hydrogen (secondary N) is 2. The third kappa shape index (κ3) is 7.74. The molecule has 0 saturated carbocycles. The second kappa shape index (κ2) is 12.5. The third-order valence-electron chi connectivity index (χ3n) is 4.11. The summed E-state index contributed by atoms with van der Waals surface area (Å²) in [7, 11) is 0. The minimum Gasteiger partial charge on any atom is -0.466 e. The number of carbonyl (C=O) groups excluding carboxylic acids is 2. The number of piperidine rings is 1. The number of ether oxygens (including phenoxy) is 1. The highest BCUT2D eigenvalue weighted by molar-refractivity contribution is 14.0. The number of anilines is 1. The lowest BCUT2D eigenvalue weighted by Gasteiger charge is -2.33. The van der Waals surface area contributed by atoms with Gasteiger partial charge in [0.05, 0.1) is 12.5 Å². The number of rotatable bonds is 6. The van der Waals surface area contributed by atoms with Crippen molar-refractivity contribution in [3.05, 3.63) is 30.3 Å². The first-order chi connectivity index (χ1) is 12.6. The van der Waals surface area contributed by atoms with Crippen LogP contribution in [0.3, 0.4) is 0 Å². The van der Waals surface area contributed by atoms with Crippen LogP contribution in [-0.2, 0) is 14.3 Å². The smallest absolute Gasteiger partial charge is 0.310 e. The van der Waals surface area contributed by atoms with E-state index >= 15 is 0 Å². The fourth-order valence-electron chi connectivity index (χ4n) is 2.92. The molecule has 0 bridgehead atoms. The molecule has 27 heavy (non-hydrogen) atoms. The Morgan fingerprint density at radius 3 is 2.67 bits per heavy atom. The molecule has 0 radical (unpaired) electrons. The van der Waals surface area contributed by atoms with Crippen molar-refractivity contribution in [1.82, 2.24) is 10.2 Å². The zero-order valence-corrected chi connectivity index (χ0v) is 18.3. The molecule has 1 fully saturated rings. The van der Waals surface area contributed by atoms with Gasteiger partial charge >= 0.3 is 5.97 Å². The summed E-state index contributed by atoms with van der Waals surface area (Å²) in [5.41, 5.74) is 0.748. The van der Waals surface area contributed by atoms with Crippen LogP contribution < -0.4 is 10.6 Å². The molecule has 1 amide bonds. The molecule has 0 aliphatic carbocycles. The second-order valence-corrected chi connectivity index (χ2v) is 6.12. The number of para-hydroxylation sites is 1. The number of halogens is 1. The van der Waals surface area contributed by atoms with Gasteiger partial charge in [-0.05, 0) is 38.8 Å². The maximum atomic E-state index is 12.1. The number of esters is 1. The molecule has 1 unspecified atom stereocenters. The Hall–Kier alpha value is -1.84. The first kappa shape index (κ1) is 23.2. The Labute approximate surface area is 178 Å². The van der Waals surface area contributed by atoms with Gasteiger partial charge in [-0.25, -0.2) is 4.99 Å². The number of likely N-dealkylation sites (tertiary alicyclic amines) is 1. The number of hydrogen-bond donors (Lipinski definition) is 2. The molecule has 1 saturated heterocycles. The van der Waals surface area contributed by atoms with E-state index in [0.29, 0.717) is 25.7 Å². The summed E-state index contributed by atoms with van der Waals surface area (Å²) in [4.78, 5) is 30.6. The van der Waals surface area contributed by atoms with E-state index in [1.165, 1.54) is 0 Å². The Morgan fingerprint density at radius 2 is 2.00 bits per heavy atom. The topological polar surface area (TPSA) is 83.0 Å². The molecule has 0 spiro atoms. The average Bonchev–Trinajstić information content (AvgIpc) is 2.66. The summed E-state index contributed by atoms with van der Waals surface area (Å²) in [5.74, 6) is 0.177. The summed E-state index contributed by atoms with van der Waals surface area (Å²) >= 11 is 0. The SMILES string of the molecule is CCNC(=NCC(=O)Nc1ccccc1)N1CCCC(C(=O)OCC)C1.I. The Morgan fingerprint density at radius 1 is 1.26 bits per heavy atom. The maximum absolute atomic E-state index is 12.1. The first-order valence-electron chi connectivity index (χ1n) is 9.18. The van der Waals surface area contributed by atoms with Gasteiger partial charge in [0.2, 0.25) is 5.91 Å². The number of guanidine groups is 1. The zero-order chi connectivity index (χ0) is 18.8. The number of aliphatic imine (C=N–C) groups is 1. The van der Waals surface area contributed by atoms with Gasteiger partial charge in [0.15, 0.2) is 5.96 Å². The molecule has 1 aliphatic heterocycles. The fourth-order valence-corrected chi connectivity index (χ4v) is 2.92. The van der Waals surface area contributed by atoms with Crippen LogP contribution in [-0.4, -0.2) is 55.5 Å². The highest BCUT2D eigenvalue weighted by Gasteiger charge is 2.28. The van der Waals surface area contributed by atoms with Gasteiger partial charge < -0.3 is 20.3 Å². The van der Waals surface area contributed by atoms with Crippen LogP contribution >= 0.6 is 24.0 Å². The van der Waals surface area contributed by atoms with Crippen LogP contribution in [0, 0.1) is 5.92 Å². The van der Waals surface area contributed by atoms with Crippen LogP contribution in [0.2, 0.25) is 0 Å². The lowest BCUT2D eigenvalue weighted by Crippen LogP contribution is -2.48. The summed E-state index contributed by atoms with van der Waals surface area (Å²) in [6.45, 7) is 6.27. The quantitative estimate of drug-likeness (QED) is 0.278. The summed E-state index contributed by atoms with van der Waals surface area (Å²) in [5, 5.41) is 6.03. The van der Waals surface area contributed by atoms with Gasteiger partial charge in [0.1, 0.15) is 6.54 Å². The molecule has 0 aromatic heterocycles. The second-order valence-electron chi connectivity index (χ2n) is 6.12. The van der Waals surface area contributed by atoms with Crippen molar-refractivity contribution in [3.63, 3.8) is 0 Å². The van der Waals surface area contributed by atoms with Gasteiger partial charge in [-0.1, -0.05) is 18.2 Å². The molecule has 2 N–H and O–H groups in total. The minimum atomic E-state index is -0.175. The molecule has 150 valence electrons. The van der Waals surface area contributed by atoms with E-state index in [9.17, 15) is 9.59 Å². The van der Waals surface area contributed by atoms with Crippen molar-refractivity contribution >= 4 is 47.5 Å². The molecule has 2 rings (SSSR count). The van der Waals surface area contributed by atoms with E-state index in [2.05, 4.69) is 15.6 Å². The standard InChI is InChI=1S/C19H28N4O3.HI/c1-3-20-19(21-13-17(24)22-16-10-6-5-7-11-16)23-12-8-9-15(14-23)18(25)26-4-2;/h5-7,10-11,15H,3-4,8-9,12-14H2,1-2H3,(H,20,21)(H,22,24);1H. The van der Waals surface area contributed by atoms with E-state index in [1.807, 2.05) is 49.1 Å². The van der Waals surface area contributed by atoms with Crippen molar-refractivity contribution in [2.45, 2.75) is 26.7 Å². The molecule has 1 aromatic rings. The van der Waals surface area contributed by atoms with Crippen molar-refractivity contribution in [1.29, 1.82) is 0 Å². The van der Waals surface area contributed by atoms with Gasteiger partial charge in [0.25, 0.3) is 0 Å². The number of amides is 1. The van der Waals surface area contributed by atoms with Crippen molar-refractivity contribution in [2.75, 3.05) is 38.1 Å². The van der Waals surface area contributed by atoms with Gasteiger partial charge in [-0.15, -0.1) is 24.0 Å². The largest absolute Gasteiger partial charge is 0.466 e. The molecule has 8 heteroatoms. The number of carbonyl (C=O) groups is 2. The molecule has 1 aromatic carbocycles. The summed E-state index contributed by atoms with van der Waals surface area (Å²) in [6, 6.07) is 9.30. The van der Waals surface area contributed by atoms with Crippen molar-refractivity contribution in [3.8, 4) is 0 Å². The molecule has 7 nitrogen and oxygen atoms in total. The highest BCUT2D eigenvalue weighted by Crippen LogP contribution is 2.18. The predicted molar refractivity (Wildman–Crippen MR) is 117 cm³/mol. The van der Waals surface area contributed by atoms with E-state index in [1.54, 1.807) is 0 Å². The van der Waals surface area contributed by atoms with Gasteiger partial charge in [-0.3, -0.25) is 9.59 Å². The Kier molecular flexibility index (Phi) is 10.8. The number of nitrogens with zero attached hydrogens (tertiary/aromatic N) is 2. The van der Waals surface area contributed by atoms with E-state index in [-0.39, 0.29) is 48.3 Å². The first-order valence-corrected chi connectivity index (χ1v) is 9.18. The van der Waals surface area contributed by atoms with Crippen molar-refractivity contribution in [2.24, 2.45) is 10.9 Å². The van der Waals surface area contributed by atoms with Crippen LogP contribution in [0.4, 0.5) is 5.69 Å².